The van der Waals surface area contributed by atoms with Crippen molar-refractivity contribution in [1.29, 1.82) is 0 Å². The van der Waals surface area contributed by atoms with Crippen molar-refractivity contribution in [2.75, 3.05) is 78.9 Å². The molecule has 4 N–H and O–H groups in total. The molecule has 0 rings (SSSR count). The predicted octanol–water partition coefficient (Wildman–Crippen LogP) is 0.335. The Hall–Kier alpha value is -0.930. The molecule has 2 amide bonds. The Bertz CT molecular complexity index is 283. The van der Waals surface area contributed by atoms with E-state index in [1.807, 2.05) is 6.92 Å². The molecule has 0 heterocycles. The summed E-state index contributed by atoms with van der Waals surface area (Å²) >= 11 is 0. The fourth-order valence-electron chi connectivity index (χ4n) is 1.88. The van der Waals surface area contributed by atoms with Crippen LogP contribution in [0.3, 0.4) is 0 Å². The van der Waals surface area contributed by atoms with Crippen molar-refractivity contribution < 1.29 is 19.0 Å². The Labute approximate surface area is 152 Å². The molecule has 8 heteroatoms. The maximum Gasteiger partial charge on any atom is 0.314 e. The van der Waals surface area contributed by atoms with Crippen LogP contribution in [0.4, 0.5) is 4.79 Å². The number of hydrogen-bond donors (Lipinski definition) is 4. The third-order valence-corrected chi connectivity index (χ3v) is 3.18. The van der Waals surface area contributed by atoms with Gasteiger partial charge in [0.05, 0.1) is 33.0 Å². The minimum Gasteiger partial charge on any atom is -0.379 e. The van der Waals surface area contributed by atoms with Crippen molar-refractivity contribution >= 4 is 6.03 Å². The van der Waals surface area contributed by atoms with E-state index < -0.39 is 0 Å². The van der Waals surface area contributed by atoms with Gasteiger partial charge in [0, 0.05) is 26.2 Å². The van der Waals surface area contributed by atoms with Crippen LogP contribution in [0.1, 0.15) is 26.7 Å². The second kappa shape index (κ2) is 21.1. The molecule has 0 radical (unpaired) electrons. The largest absolute Gasteiger partial charge is 0.379 e. The summed E-state index contributed by atoms with van der Waals surface area (Å²) < 4.78 is 16.3. The monoisotopic (exact) mass is 362 g/mol. The van der Waals surface area contributed by atoms with Gasteiger partial charge in [0.2, 0.25) is 0 Å². The molecule has 0 spiro atoms. The SMILES string of the molecule is CCCNCCCOCCOCCOCCNC(=O)NCCNCC. The molecule has 0 fully saturated rings. The minimum atomic E-state index is -0.167. The van der Waals surface area contributed by atoms with Gasteiger partial charge in [0.25, 0.3) is 0 Å². The molecule has 150 valence electrons. The summed E-state index contributed by atoms with van der Waals surface area (Å²) in [5.74, 6) is 0. The van der Waals surface area contributed by atoms with Crippen LogP contribution in [0.5, 0.6) is 0 Å². The van der Waals surface area contributed by atoms with Gasteiger partial charge in [-0.25, -0.2) is 4.79 Å². The van der Waals surface area contributed by atoms with Crippen molar-refractivity contribution in [3.8, 4) is 0 Å². The number of amides is 2. The number of carbonyl (C=O) groups excluding carboxylic acids is 1. The Kier molecular flexibility index (Phi) is 20.3. The standard InChI is InChI=1S/C17H38N4O4/c1-3-6-19-7-5-11-23-13-15-25-16-14-24-12-10-21-17(22)20-9-8-18-4-2/h18-19H,3-16H2,1-2H3,(H2,20,21,22). The number of rotatable bonds is 19. The molecule has 0 bridgehead atoms. The van der Waals surface area contributed by atoms with E-state index >= 15 is 0 Å². The summed E-state index contributed by atoms with van der Waals surface area (Å²) in [6.07, 6.45) is 2.19. The first-order valence-electron chi connectivity index (χ1n) is 9.47. The van der Waals surface area contributed by atoms with Crippen LogP contribution >= 0.6 is 0 Å². The van der Waals surface area contributed by atoms with Gasteiger partial charge in [-0.05, 0) is 32.5 Å². The molecule has 0 aliphatic rings. The summed E-state index contributed by atoms with van der Waals surface area (Å²) in [6, 6.07) is -0.167. The molecule has 8 nitrogen and oxygen atoms in total. The molecule has 0 aliphatic heterocycles. The van der Waals surface area contributed by atoms with Crippen molar-refractivity contribution in [2.45, 2.75) is 26.7 Å². The lowest BCUT2D eigenvalue weighted by Gasteiger charge is -2.09. The molecular formula is C17H38N4O4. The average molecular weight is 363 g/mol. The van der Waals surface area contributed by atoms with E-state index in [0.29, 0.717) is 46.1 Å². The molecule has 0 aromatic heterocycles. The molecule has 0 saturated heterocycles. The van der Waals surface area contributed by atoms with Crippen LogP contribution in [-0.2, 0) is 14.2 Å². The zero-order valence-electron chi connectivity index (χ0n) is 16.0. The smallest absolute Gasteiger partial charge is 0.314 e. The van der Waals surface area contributed by atoms with E-state index in [2.05, 4.69) is 28.2 Å². The summed E-state index contributed by atoms with van der Waals surface area (Å²) in [5, 5.41) is 12.0. The Morgan fingerprint density at radius 1 is 0.680 bits per heavy atom. The summed E-state index contributed by atoms with van der Waals surface area (Å²) in [7, 11) is 0. The van der Waals surface area contributed by atoms with Gasteiger partial charge >= 0.3 is 6.03 Å². The van der Waals surface area contributed by atoms with Crippen LogP contribution in [0.2, 0.25) is 0 Å². The van der Waals surface area contributed by atoms with Crippen molar-refractivity contribution in [2.24, 2.45) is 0 Å². The third-order valence-electron chi connectivity index (χ3n) is 3.18. The normalized spacial score (nSPS) is 10.8. The maximum absolute atomic E-state index is 11.4. The quantitative estimate of drug-likeness (QED) is 0.248. The first kappa shape index (κ1) is 24.1. The van der Waals surface area contributed by atoms with Crippen LogP contribution in [0.25, 0.3) is 0 Å². The van der Waals surface area contributed by atoms with Gasteiger partial charge in [-0.15, -0.1) is 0 Å². The molecule has 0 saturated carbocycles. The molecular weight excluding hydrogens is 324 g/mol. The predicted molar refractivity (Wildman–Crippen MR) is 100 cm³/mol. The fraction of sp³-hybridized carbons (Fsp3) is 0.941. The van der Waals surface area contributed by atoms with Gasteiger partial charge < -0.3 is 35.5 Å². The molecule has 0 aromatic carbocycles. The first-order valence-corrected chi connectivity index (χ1v) is 9.47. The Balaban J connectivity index is 3.08. The number of hydrogen-bond acceptors (Lipinski definition) is 6. The lowest BCUT2D eigenvalue weighted by Crippen LogP contribution is -2.40. The van der Waals surface area contributed by atoms with Crippen LogP contribution in [0.15, 0.2) is 0 Å². The number of urea groups is 1. The highest BCUT2D eigenvalue weighted by atomic mass is 16.5. The minimum absolute atomic E-state index is 0.167. The molecule has 0 aliphatic carbocycles. The highest BCUT2D eigenvalue weighted by Crippen LogP contribution is 1.84. The van der Waals surface area contributed by atoms with Crippen molar-refractivity contribution in [3.05, 3.63) is 0 Å². The first-order chi connectivity index (χ1) is 12.3. The Morgan fingerprint density at radius 2 is 1.32 bits per heavy atom. The topological polar surface area (TPSA) is 92.9 Å². The lowest BCUT2D eigenvalue weighted by molar-refractivity contribution is 0.0150. The number of carbonyl (C=O) groups is 1. The van der Waals surface area contributed by atoms with E-state index in [1.165, 1.54) is 0 Å². The summed E-state index contributed by atoms with van der Waals surface area (Å²) in [5.41, 5.74) is 0. The van der Waals surface area contributed by atoms with Crippen LogP contribution < -0.4 is 21.3 Å². The zero-order valence-corrected chi connectivity index (χ0v) is 16.0. The number of ether oxygens (including phenoxy) is 3. The van der Waals surface area contributed by atoms with E-state index in [1.54, 1.807) is 0 Å². The average Bonchev–Trinajstić information content (AvgIpc) is 2.62. The lowest BCUT2D eigenvalue weighted by atomic mass is 10.4. The second-order valence-corrected chi connectivity index (χ2v) is 5.48. The summed E-state index contributed by atoms with van der Waals surface area (Å²) in [6.45, 7) is 12.5. The van der Waals surface area contributed by atoms with E-state index in [4.69, 9.17) is 14.2 Å². The number of nitrogens with one attached hydrogen (secondary N) is 4. The molecule has 25 heavy (non-hydrogen) atoms. The fourth-order valence-corrected chi connectivity index (χ4v) is 1.88. The molecule has 0 atom stereocenters. The third kappa shape index (κ3) is 21.0. The maximum atomic E-state index is 11.4. The van der Waals surface area contributed by atoms with Crippen LogP contribution in [0, 0.1) is 0 Å². The van der Waals surface area contributed by atoms with E-state index in [9.17, 15) is 4.79 Å². The highest BCUT2D eigenvalue weighted by molar-refractivity contribution is 5.73. The zero-order chi connectivity index (χ0) is 18.4. The van der Waals surface area contributed by atoms with Crippen molar-refractivity contribution in [3.63, 3.8) is 0 Å². The van der Waals surface area contributed by atoms with E-state index in [0.717, 1.165) is 45.6 Å². The van der Waals surface area contributed by atoms with Gasteiger partial charge in [-0.3, -0.25) is 0 Å². The Morgan fingerprint density at radius 3 is 2.00 bits per heavy atom. The van der Waals surface area contributed by atoms with Gasteiger partial charge in [0.15, 0.2) is 0 Å². The highest BCUT2D eigenvalue weighted by Gasteiger charge is 1.98. The second-order valence-electron chi connectivity index (χ2n) is 5.48. The van der Waals surface area contributed by atoms with Gasteiger partial charge in [-0.2, -0.15) is 0 Å². The van der Waals surface area contributed by atoms with Gasteiger partial charge in [-0.1, -0.05) is 13.8 Å². The molecule has 0 unspecified atom stereocenters. The number of likely N-dealkylation sites (N-methyl/N-ethyl adjacent to an activating group) is 1. The van der Waals surface area contributed by atoms with Gasteiger partial charge in [0.1, 0.15) is 0 Å². The van der Waals surface area contributed by atoms with Crippen LogP contribution in [-0.4, -0.2) is 84.9 Å². The summed E-state index contributed by atoms with van der Waals surface area (Å²) in [4.78, 5) is 11.4. The molecule has 0 aromatic rings. The van der Waals surface area contributed by atoms with Crippen molar-refractivity contribution in [1.82, 2.24) is 21.3 Å². The van der Waals surface area contributed by atoms with E-state index in [-0.39, 0.29) is 6.03 Å².